The molecule has 1 saturated heterocycles. The smallest absolute Gasteiger partial charge is 0.246 e. The molecule has 1 amide bonds. The molecule has 0 spiro atoms. The van der Waals surface area contributed by atoms with Crippen LogP contribution in [0.15, 0.2) is 41.5 Å². The quantitative estimate of drug-likeness (QED) is 0.593. The van der Waals surface area contributed by atoms with Crippen molar-refractivity contribution in [3.63, 3.8) is 0 Å². The highest BCUT2D eigenvalue weighted by atomic mass is 35.5. The van der Waals surface area contributed by atoms with Gasteiger partial charge in [-0.3, -0.25) is 4.79 Å². The van der Waals surface area contributed by atoms with E-state index in [-0.39, 0.29) is 5.91 Å². The minimum atomic E-state index is 0.111. The summed E-state index contributed by atoms with van der Waals surface area (Å²) in [6.45, 7) is 1.73. The molecule has 1 heterocycles. The van der Waals surface area contributed by atoms with Gasteiger partial charge < -0.3 is 4.90 Å². The number of rotatable bonds is 2. The first-order chi connectivity index (χ1) is 9.72. The summed E-state index contributed by atoms with van der Waals surface area (Å²) in [7, 11) is 0. The fourth-order valence-corrected chi connectivity index (χ4v) is 2.74. The van der Waals surface area contributed by atoms with Crippen LogP contribution in [0.3, 0.4) is 0 Å². The zero-order valence-electron chi connectivity index (χ0n) is 11.4. The van der Waals surface area contributed by atoms with E-state index in [1.54, 1.807) is 17.2 Å². The monoisotopic (exact) mass is 287 g/mol. The normalized spacial score (nSPS) is 18.8. The Labute approximate surface area is 124 Å². The van der Waals surface area contributed by atoms with Crippen LogP contribution < -0.4 is 0 Å². The van der Waals surface area contributed by atoms with Crippen LogP contribution in [-0.2, 0) is 4.79 Å². The molecule has 2 fully saturated rings. The van der Waals surface area contributed by atoms with E-state index in [0.717, 1.165) is 31.5 Å². The van der Waals surface area contributed by atoms with Crippen molar-refractivity contribution in [3.8, 4) is 0 Å². The van der Waals surface area contributed by atoms with E-state index >= 15 is 0 Å². The molecule has 0 N–H and O–H groups in total. The lowest BCUT2D eigenvalue weighted by atomic mass is 10.0. The van der Waals surface area contributed by atoms with Crippen molar-refractivity contribution >= 4 is 23.6 Å². The zero-order chi connectivity index (χ0) is 13.9. The van der Waals surface area contributed by atoms with Crippen molar-refractivity contribution in [1.29, 1.82) is 0 Å². The summed E-state index contributed by atoms with van der Waals surface area (Å²) in [5.74, 6) is 0.111. The Morgan fingerprint density at radius 1 is 1.00 bits per heavy atom. The first kappa shape index (κ1) is 13.4. The van der Waals surface area contributed by atoms with Crippen LogP contribution in [0, 0.1) is 0 Å². The highest BCUT2D eigenvalue weighted by Gasteiger charge is 2.23. The molecule has 20 heavy (non-hydrogen) atoms. The number of nitrogens with zero attached hydrogens (tertiary/aromatic N) is 1. The van der Waals surface area contributed by atoms with Gasteiger partial charge >= 0.3 is 0 Å². The number of halogens is 1. The molecular weight excluding hydrogens is 270 g/mol. The number of carbonyl (C=O) groups is 1. The summed E-state index contributed by atoms with van der Waals surface area (Å²) < 4.78 is 0. The minimum absolute atomic E-state index is 0.111. The summed E-state index contributed by atoms with van der Waals surface area (Å²) in [5.41, 5.74) is 4.25. The van der Waals surface area contributed by atoms with Crippen molar-refractivity contribution in [3.05, 3.63) is 52.1 Å². The number of amides is 1. The fourth-order valence-electron chi connectivity index (χ4n) is 2.61. The van der Waals surface area contributed by atoms with Crippen LogP contribution >= 0.6 is 11.6 Å². The van der Waals surface area contributed by atoms with Gasteiger partial charge in [0.05, 0.1) is 0 Å². The third-order valence-corrected chi connectivity index (χ3v) is 4.22. The third kappa shape index (κ3) is 3.31. The van der Waals surface area contributed by atoms with Crippen LogP contribution in [0.25, 0.3) is 6.08 Å². The Morgan fingerprint density at radius 2 is 1.60 bits per heavy atom. The van der Waals surface area contributed by atoms with E-state index in [4.69, 9.17) is 11.6 Å². The molecule has 0 unspecified atom stereocenters. The number of allylic oxidation sites excluding steroid dienone is 1. The molecule has 0 aromatic heterocycles. The molecule has 1 aromatic carbocycles. The van der Waals surface area contributed by atoms with Gasteiger partial charge in [0, 0.05) is 24.2 Å². The molecule has 1 saturated carbocycles. The van der Waals surface area contributed by atoms with Gasteiger partial charge in [-0.15, -0.1) is 0 Å². The van der Waals surface area contributed by atoms with Crippen LogP contribution in [0.5, 0.6) is 0 Å². The predicted molar refractivity (Wildman–Crippen MR) is 82.6 cm³/mol. The molecule has 3 heteroatoms. The highest BCUT2D eigenvalue weighted by molar-refractivity contribution is 6.30. The average molecular weight is 288 g/mol. The van der Waals surface area contributed by atoms with Gasteiger partial charge in [0.15, 0.2) is 0 Å². The molecule has 0 atom stereocenters. The van der Waals surface area contributed by atoms with E-state index in [1.807, 2.05) is 35.2 Å². The Balaban J connectivity index is 1.56. The van der Waals surface area contributed by atoms with Gasteiger partial charge in [-0.2, -0.15) is 0 Å². The standard InChI is InChI=1S/C17H18ClNO/c18-16-6-1-13(2-7-16)3-8-17(20)19-11-9-15(10-12-19)14-4-5-14/h1-3,6-8H,4-5,9-12H2/b8-3+. The van der Waals surface area contributed by atoms with Crippen LogP contribution in [-0.4, -0.2) is 23.9 Å². The second kappa shape index (κ2) is 5.84. The maximum absolute atomic E-state index is 12.1. The summed E-state index contributed by atoms with van der Waals surface area (Å²) >= 11 is 5.84. The molecule has 1 aliphatic carbocycles. The maximum Gasteiger partial charge on any atom is 0.246 e. The van der Waals surface area contributed by atoms with Gasteiger partial charge in [-0.1, -0.05) is 34.9 Å². The molecule has 1 aromatic rings. The van der Waals surface area contributed by atoms with Crippen molar-refractivity contribution in [2.24, 2.45) is 0 Å². The SMILES string of the molecule is O=C(/C=C/c1ccc(Cl)cc1)N1CCC(=C2CC2)CC1. The van der Waals surface area contributed by atoms with Gasteiger partial charge in [0.2, 0.25) is 5.91 Å². The zero-order valence-corrected chi connectivity index (χ0v) is 12.2. The third-order valence-electron chi connectivity index (χ3n) is 3.97. The Bertz CT molecular complexity index is 555. The second-order valence-electron chi connectivity index (χ2n) is 5.42. The minimum Gasteiger partial charge on any atom is -0.339 e. The number of carbonyl (C=O) groups excluding carboxylic acids is 1. The molecule has 3 rings (SSSR count). The van der Waals surface area contributed by atoms with Crippen LogP contribution in [0.2, 0.25) is 5.02 Å². The average Bonchev–Trinajstić information content (AvgIpc) is 3.31. The Kier molecular flexibility index (Phi) is 3.93. The van der Waals surface area contributed by atoms with E-state index < -0.39 is 0 Å². The molecule has 0 bridgehead atoms. The molecule has 2 nitrogen and oxygen atoms in total. The Hall–Kier alpha value is -1.54. The lowest BCUT2D eigenvalue weighted by Gasteiger charge is -2.27. The van der Waals surface area contributed by atoms with Gasteiger partial charge in [0.1, 0.15) is 0 Å². The number of benzene rings is 1. The second-order valence-corrected chi connectivity index (χ2v) is 5.85. The highest BCUT2D eigenvalue weighted by Crippen LogP contribution is 2.36. The molecule has 0 radical (unpaired) electrons. The number of piperidine rings is 1. The lowest BCUT2D eigenvalue weighted by Crippen LogP contribution is -2.35. The topological polar surface area (TPSA) is 20.3 Å². The lowest BCUT2D eigenvalue weighted by molar-refractivity contribution is -0.126. The van der Waals surface area contributed by atoms with Crippen LogP contribution in [0.4, 0.5) is 0 Å². The summed E-state index contributed by atoms with van der Waals surface area (Å²) in [6, 6.07) is 7.50. The molecule has 1 aliphatic heterocycles. The maximum atomic E-state index is 12.1. The summed E-state index contributed by atoms with van der Waals surface area (Å²) in [4.78, 5) is 14.1. The number of hydrogen-bond acceptors (Lipinski definition) is 1. The molecule has 2 aliphatic rings. The van der Waals surface area contributed by atoms with Crippen molar-refractivity contribution in [2.75, 3.05) is 13.1 Å². The van der Waals surface area contributed by atoms with E-state index in [0.29, 0.717) is 5.02 Å². The largest absolute Gasteiger partial charge is 0.339 e. The first-order valence-corrected chi connectivity index (χ1v) is 7.52. The van der Waals surface area contributed by atoms with Gasteiger partial charge in [-0.05, 0) is 49.5 Å². The molecular formula is C17H18ClNO. The molecule has 104 valence electrons. The Morgan fingerprint density at radius 3 is 2.20 bits per heavy atom. The van der Waals surface area contributed by atoms with E-state index in [1.165, 1.54) is 12.8 Å². The summed E-state index contributed by atoms with van der Waals surface area (Å²) in [5, 5.41) is 0.713. The van der Waals surface area contributed by atoms with Crippen LogP contribution in [0.1, 0.15) is 31.2 Å². The predicted octanol–water partition coefficient (Wildman–Crippen LogP) is 4.07. The van der Waals surface area contributed by atoms with Crippen molar-refractivity contribution in [1.82, 2.24) is 4.90 Å². The van der Waals surface area contributed by atoms with E-state index in [9.17, 15) is 4.79 Å². The number of hydrogen-bond donors (Lipinski definition) is 0. The first-order valence-electron chi connectivity index (χ1n) is 7.15. The number of likely N-dealkylation sites (tertiary alicyclic amines) is 1. The van der Waals surface area contributed by atoms with Crippen molar-refractivity contribution < 1.29 is 4.79 Å². The summed E-state index contributed by atoms with van der Waals surface area (Å²) in [6.07, 6.45) is 8.23. The van der Waals surface area contributed by atoms with Crippen molar-refractivity contribution in [2.45, 2.75) is 25.7 Å². The van der Waals surface area contributed by atoms with E-state index in [2.05, 4.69) is 0 Å². The van der Waals surface area contributed by atoms with Gasteiger partial charge in [-0.25, -0.2) is 0 Å². The van der Waals surface area contributed by atoms with Gasteiger partial charge in [0.25, 0.3) is 0 Å². The fraction of sp³-hybridized carbons (Fsp3) is 0.353.